The van der Waals surface area contributed by atoms with Crippen molar-refractivity contribution in [3.8, 4) is 5.69 Å². The fourth-order valence-corrected chi connectivity index (χ4v) is 1.81. The van der Waals surface area contributed by atoms with Gasteiger partial charge < -0.3 is 0 Å². The van der Waals surface area contributed by atoms with E-state index < -0.39 is 5.69 Å². The third kappa shape index (κ3) is 2.57. The van der Waals surface area contributed by atoms with Crippen molar-refractivity contribution in [2.24, 2.45) is 0 Å². The van der Waals surface area contributed by atoms with Gasteiger partial charge in [0, 0.05) is 6.54 Å². The molecule has 0 aliphatic rings. The maximum atomic E-state index is 12.9. The molecular weight excluding hydrogens is 277 g/mol. The van der Waals surface area contributed by atoms with Crippen LogP contribution in [0.15, 0.2) is 35.4 Å². The number of tetrazole rings is 1. The summed E-state index contributed by atoms with van der Waals surface area (Å²) in [7, 11) is 0. The monoisotopic (exact) mass is 289 g/mol. The lowest BCUT2D eigenvalue weighted by molar-refractivity contribution is 0.589. The summed E-state index contributed by atoms with van der Waals surface area (Å²) in [6.07, 6.45) is 1.59. The van der Waals surface area contributed by atoms with Crippen LogP contribution >= 0.6 is 0 Å². The van der Waals surface area contributed by atoms with Crippen molar-refractivity contribution in [1.29, 1.82) is 0 Å². The molecule has 0 aliphatic carbocycles. The number of hydrogen-bond acceptors (Lipinski definition) is 5. The molecule has 9 heteroatoms. The van der Waals surface area contributed by atoms with Crippen LogP contribution < -0.4 is 5.69 Å². The van der Waals surface area contributed by atoms with Crippen LogP contribution in [0.3, 0.4) is 0 Å². The van der Waals surface area contributed by atoms with Gasteiger partial charge in [0.25, 0.3) is 0 Å². The zero-order chi connectivity index (χ0) is 14.8. The van der Waals surface area contributed by atoms with Gasteiger partial charge in [0.1, 0.15) is 18.7 Å². The molecule has 0 unspecified atom stereocenters. The van der Waals surface area contributed by atoms with Gasteiger partial charge in [0.15, 0.2) is 5.82 Å². The van der Waals surface area contributed by atoms with Crippen molar-refractivity contribution in [3.05, 3.63) is 52.7 Å². The summed E-state index contributed by atoms with van der Waals surface area (Å²) < 4.78 is 16.8. The Morgan fingerprint density at radius 2 is 1.95 bits per heavy atom. The maximum absolute atomic E-state index is 12.9. The second-order valence-electron chi connectivity index (χ2n) is 4.32. The van der Waals surface area contributed by atoms with E-state index in [1.807, 2.05) is 6.92 Å². The van der Waals surface area contributed by atoms with Crippen molar-refractivity contribution in [2.45, 2.75) is 20.0 Å². The first-order valence-electron chi connectivity index (χ1n) is 6.34. The molecule has 3 aromatic rings. The van der Waals surface area contributed by atoms with Crippen molar-refractivity contribution in [3.63, 3.8) is 0 Å². The summed E-state index contributed by atoms with van der Waals surface area (Å²) in [5.74, 6) is 0.0959. The molecule has 0 atom stereocenters. The van der Waals surface area contributed by atoms with E-state index in [4.69, 9.17) is 0 Å². The minimum Gasteiger partial charge on any atom is -0.253 e. The van der Waals surface area contributed by atoms with Crippen molar-refractivity contribution >= 4 is 0 Å². The molecule has 0 saturated heterocycles. The maximum Gasteiger partial charge on any atom is 0.368 e. The Hall–Kier alpha value is -2.84. The van der Waals surface area contributed by atoms with Crippen LogP contribution in [0.1, 0.15) is 12.7 Å². The second-order valence-corrected chi connectivity index (χ2v) is 4.32. The summed E-state index contributed by atoms with van der Waals surface area (Å²) in [5, 5.41) is 11.7. The van der Waals surface area contributed by atoms with E-state index in [1.54, 1.807) is 11.0 Å². The SMILES string of the molecule is CCn1cnc(Cn2nnn(-c3ccc(F)cc3)c2=O)n1. The summed E-state index contributed by atoms with van der Waals surface area (Å²) in [6.45, 7) is 2.77. The highest BCUT2D eigenvalue weighted by atomic mass is 19.1. The number of aryl methyl sites for hydroxylation is 1. The van der Waals surface area contributed by atoms with Gasteiger partial charge in [-0.3, -0.25) is 4.68 Å². The largest absolute Gasteiger partial charge is 0.368 e. The number of halogens is 1. The molecule has 8 nitrogen and oxygen atoms in total. The van der Waals surface area contributed by atoms with Gasteiger partial charge in [-0.25, -0.2) is 14.2 Å². The Morgan fingerprint density at radius 1 is 1.19 bits per heavy atom. The van der Waals surface area contributed by atoms with Gasteiger partial charge >= 0.3 is 5.69 Å². The van der Waals surface area contributed by atoms with Crippen molar-refractivity contribution < 1.29 is 4.39 Å². The number of benzene rings is 1. The average Bonchev–Trinajstić information content (AvgIpc) is 3.08. The van der Waals surface area contributed by atoms with E-state index in [0.29, 0.717) is 18.1 Å². The van der Waals surface area contributed by atoms with E-state index >= 15 is 0 Å². The van der Waals surface area contributed by atoms with Gasteiger partial charge in [-0.2, -0.15) is 14.5 Å². The second kappa shape index (κ2) is 5.27. The highest BCUT2D eigenvalue weighted by molar-refractivity contribution is 5.29. The first-order chi connectivity index (χ1) is 10.2. The summed E-state index contributed by atoms with van der Waals surface area (Å²) in [4.78, 5) is 16.3. The minimum absolute atomic E-state index is 0.132. The van der Waals surface area contributed by atoms with Gasteiger partial charge in [-0.05, 0) is 41.6 Å². The van der Waals surface area contributed by atoms with E-state index in [2.05, 4.69) is 20.5 Å². The lowest BCUT2D eigenvalue weighted by atomic mass is 10.3. The predicted molar refractivity (Wildman–Crippen MR) is 70.4 cm³/mol. The fourth-order valence-electron chi connectivity index (χ4n) is 1.81. The Kier molecular flexibility index (Phi) is 3.30. The third-order valence-corrected chi connectivity index (χ3v) is 2.91. The van der Waals surface area contributed by atoms with E-state index in [0.717, 1.165) is 9.36 Å². The highest BCUT2D eigenvalue weighted by Crippen LogP contribution is 2.04. The quantitative estimate of drug-likeness (QED) is 0.686. The van der Waals surface area contributed by atoms with Crippen LogP contribution in [0.25, 0.3) is 5.69 Å². The number of nitrogens with zero attached hydrogens (tertiary/aromatic N) is 7. The lowest BCUT2D eigenvalue weighted by Crippen LogP contribution is -2.25. The zero-order valence-corrected chi connectivity index (χ0v) is 11.2. The molecular formula is C12H12FN7O. The smallest absolute Gasteiger partial charge is 0.253 e. The van der Waals surface area contributed by atoms with Crippen LogP contribution in [0.4, 0.5) is 4.39 Å². The zero-order valence-electron chi connectivity index (χ0n) is 11.2. The van der Waals surface area contributed by atoms with Crippen LogP contribution in [0, 0.1) is 5.82 Å². The molecule has 0 spiro atoms. The summed E-state index contributed by atoms with van der Waals surface area (Å²) >= 11 is 0. The molecule has 0 radical (unpaired) electrons. The summed E-state index contributed by atoms with van der Waals surface area (Å²) in [5.41, 5.74) is 0.00848. The number of hydrogen-bond donors (Lipinski definition) is 0. The Morgan fingerprint density at radius 3 is 2.62 bits per heavy atom. The Bertz CT molecular complexity index is 802. The molecule has 2 aromatic heterocycles. The van der Waals surface area contributed by atoms with Gasteiger partial charge in [-0.15, -0.1) is 0 Å². The number of aromatic nitrogens is 7. The van der Waals surface area contributed by atoms with E-state index in [9.17, 15) is 9.18 Å². The van der Waals surface area contributed by atoms with Crippen molar-refractivity contribution in [1.82, 2.24) is 34.6 Å². The minimum atomic E-state index is -0.436. The number of rotatable bonds is 4. The first kappa shape index (κ1) is 13.2. The Labute approximate surface area is 118 Å². The van der Waals surface area contributed by atoms with Gasteiger partial charge in [-0.1, -0.05) is 0 Å². The van der Waals surface area contributed by atoms with Crippen LogP contribution in [0.2, 0.25) is 0 Å². The van der Waals surface area contributed by atoms with Gasteiger partial charge in [0.2, 0.25) is 0 Å². The first-order valence-corrected chi connectivity index (χ1v) is 6.34. The molecule has 0 saturated carbocycles. The molecule has 108 valence electrons. The predicted octanol–water partition coefficient (Wildman–Crippen LogP) is 0.228. The van der Waals surface area contributed by atoms with E-state index in [1.165, 1.54) is 24.3 Å². The average molecular weight is 289 g/mol. The standard InChI is InChI=1S/C12H12FN7O/c1-2-18-8-14-11(15-18)7-19-12(21)20(17-16-19)10-5-3-9(13)4-6-10/h3-6,8H,2,7H2,1H3. The molecule has 0 bridgehead atoms. The molecule has 21 heavy (non-hydrogen) atoms. The molecule has 1 aromatic carbocycles. The molecule has 0 fully saturated rings. The molecule has 0 N–H and O–H groups in total. The Balaban J connectivity index is 1.88. The van der Waals surface area contributed by atoms with Crippen LogP contribution in [-0.2, 0) is 13.1 Å². The normalized spacial score (nSPS) is 11.0. The molecule has 3 rings (SSSR count). The molecule has 0 aliphatic heterocycles. The summed E-state index contributed by atoms with van der Waals surface area (Å²) in [6, 6.07) is 5.43. The fraction of sp³-hybridized carbons (Fsp3) is 0.250. The van der Waals surface area contributed by atoms with Gasteiger partial charge in [0.05, 0.1) is 5.69 Å². The van der Waals surface area contributed by atoms with Crippen LogP contribution in [0.5, 0.6) is 0 Å². The van der Waals surface area contributed by atoms with Crippen LogP contribution in [-0.4, -0.2) is 34.6 Å². The highest BCUT2D eigenvalue weighted by Gasteiger charge is 2.11. The third-order valence-electron chi connectivity index (χ3n) is 2.91. The molecule has 2 heterocycles. The van der Waals surface area contributed by atoms with E-state index in [-0.39, 0.29) is 12.4 Å². The van der Waals surface area contributed by atoms with Crippen molar-refractivity contribution in [2.75, 3.05) is 0 Å². The lowest BCUT2D eigenvalue weighted by Gasteiger charge is -1.97. The molecule has 0 amide bonds. The topological polar surface area (TPSA) is 83.4 Å².